The molecule has 1 aromatic rings. The number of nitrogens with zero attached hydrogens (tertiary/aromatic N) is 2. The van der Waals surface area contributed by atoms with Crippen LogP contribution in [0.1, 0.15) is 0 Å². The number of sulfonamides is 1. The van der Waals surface area contributed by atoms with Crippen LogP contribution in [0.5, 0.6) is 0 Å². The van der Waals surface area contributed by atoms with Crippen molar-refractivity contribution in [2.45, 2.75) is 4.90 Å². The molecule has 92 valence electrons. The molecule has 0 atom stereocenters. The van der Waals surface area contributed by atoms with E-state index in [4.69, 9.17) is 4.74 Å². The predicted molar refractivity (Wildman–Crippen MR) is 64.5 cm³/mol. The summed E-state index contributed by atoms with van der Waals surface area (Å²) in [6.45, 7) is 2.57. The van der Waals surface area contributed by atoms with E-state index < -0.39 is 10.0 Å². The Morgan fingerprint density at radius 1 is 1.18 bits per heavy atom. The van der Waals surface area contributed by atoms with Crippen molar-refractivity contribution in [3.05, 3.63) is 30.3 Å². The summed E-state index contributed by atoms with van der Waals surface area (Å²) in [7, 11) is -3.57. The van der Waals surface area contributed by atoms with Crippen LogP contribution < -0.4 is 0 Å². The number of hydrogen-bond acceptors (Lipinski definition) is 3. The van der Waals surface area contributed by atoms with Crippen LogP contribution in [0.3, 0.4) is 0 Å². The second kappa shape index (κ2) is 5.29. The zero-order valence-electron chi connectivity index (χ0n) is 9.32. The molecule has 1 aliphatic rings. The quantitative estimate of drug-likeness (QED) is 0.589. The monoisotopic (exact) mass is 254 g/mol. The largest absolute Gasteiger partial charge is 0.378 e. The van der Waals surface area contributed by atoms with Crippen molar-refractivity contribution in [3.63, 3.8) is 0 Å². The fourth-order valence-electron chi connectivity index (χ4n) is 1.47. The summed E-state index contributed by atoms with van der Waals surface area (Å²) in [5, 5.41) is 0. The molecule has 2 rings (SSSR count). The topological polar surface area (TPSA) is 59.0 Å². The summed E-state index contributed by atoms with van der Waals surface area (Å²) in [4.78, 5) is 2.05. The van der Waals surface area contributed by atoms with Gasteiger partial charge in [-0.2, -0.15) is 8.42 Å². The van der Waals surface area contributed by atoms with E-state index in [9.17, 15) is 8.42 Å². The normalized spacial score (nSPS) is 17.5. The Labute approximate surface area is 101 Å². The molecule has 0 unspecified atom stereocenters. The standard InChI is InChI=1S/C11H14N2O3S/c14-17(15,11-4-2-1-3-5-11)12-10-13-6-8-16-9-7-13/h1-5,10H,6-9H2/b12-10+. The molecule has 1 heterocycles. The molecule has 1 aliphatic heterocycles. The predicted octanol–water partition coefficient (Wildman–Crippen LogP) is 0.736. The van der Waals surface area contributed by atoms with Gasteiger partial charge in [0.25, 0.3) is 10.0 Å². The summed E-state index contributed by atoms with van der Waals surface area (Å²) in [5.41, 5.74) is 0. The Bertz CT molecular complexity index is 479. The van der Waals surface area contributed by atoms with Crippen LogP contribution in [0.4, 0.5) is 0 Å². The molecular weight excluding hydrogens is 240 g/mol. The minimum Gasteiger partial charge on any atom is -0.378 e. The van der Waals surface area contributed by atoms with Gasteiger partial charge in [0, 0.05) is 13.1 Å². The molecule has 1 fully saturated rings. The Kier molecular flexibility index (Phi) is 3.75. The molecule has 1 saturated heterocycles. The SMILES string of the molecule is O=S(=O)(/N=C/N1CCOCC1)c1ccccc1. The highest BCUT2D eigenvalue weighted by atomic mass is 32.2. The Balaban J connectivity index is 2.09. The Morgan fingerprint density at radius 2 is 1.82 bits per heavy atom. The van der Waals surface area contributed by atoms with Gasteiger partial charge < -0.3 is 9.64 Å². The molecule has 0 aromatic heterocycles. The number of morpholine rings is 1. The second-order valence-electron chi connectivity index (χ2n) is 3.66. The first-order valence-corrected chi connectivity index (χ1v) is 6.80. The number of ether oxygens (including phenoxy) is 1. The maximum atomic E-state index is 11.8. The summed E-state index contributed by atoms with van der Waals surface area (Å²) < 4.78 is 32.5. The van der Waals surface area contributed by atoms with Gasteiger partial charge in [-0.1, -0.05) is 18.2 Å². The number of rotatable bonds is 3. The highest BCUT2D eigenvalue weighted by Crippen LogP contribution is 2.10. The van der Waals surface area contributed by atoms with E-state index in [1.165, 1.54) is 18.5 Å². The Hall–Kier alpha value is -1.40. The molecule has 17 heavy (non-hydrogen) atoms. The van der Waals surface area contributed by atoms with E-state index in [0.717, 1.165) is 0 Å². The first-order chi connectivity index (χ1) is 8.18. The Morgan fingerprint density at radius 3 is 2.47 bits per heavy atom. The zero-order chi connectivity index (χ0) is 12.1. The molecule has 6 heteroatoms. The van der Waals surface area contributed by atoms with E-state index in [2.05, 4.69) is 4.40 Å². The smallest absolute Gasteiger partial charge is 0.283 e. The van der Waals surface area contributed by atoms with Gasteiger partial charge in [0.05, 0.1) is 18.1 Å². The molecule has 0 N–H and O–H groups in total. The molecule has 0 radical (unpaired) electrons. The van der Waals surface area contributed by atoms with Gasteiger partial charge in [-0.25, -0.2) is 0 Å². The summed E-state index contributed by atoms with van der Waals surface area (Å²) in [5.74, 6) is 0. The van der Waals surface area contributed by atoms with Gasteiger partial charge in [0.1, 0.15) is 6.34 Å². The van der Waals surface area contributed by atoms with Crippen LogP contribution in [0.25, 0.3) is 0 Å². The maximum Gasteiger partial charge on any atom is 0.283 e. The maximum absolute atomic E-state index is 11.8. The minimum absolute atomic E-state index is 0.213. The third kappa shape index (κ3) is 3.28. The summed E-state index contributed by atoms with van der Waals surface area (Å²) in [6, 6.07) is 8.19. The summed E-state index contributed by atoms with van der Waals surface area (Å²) >= 11 is 0. The van der Waals surface area contributed by atoms with Crippen molar-refractivity contribution in [1.82, 2.24) is 4.90 Å². The lowest BCUT2D eigenvalue weighted by molar-refractivity contribution is 0.0701. The lowest BCUT2D eigenvalue weighted by Gasteiger charge is -2.23. The van der Waals surface area contributed by atoms with E-state index in [0.29, 0.717) is 26.3 Å². The second-order valence-corrected chi connectivity index (χ2v) is 5.29. The molecule has 5 nitrogen and oxygen atoms in total. The van der Waals surface area contributed by atoms with Crippen molar-refractivity contribution >= 4 is 16.4 Å². The molecule has 0 saturated carbocycles. The number of hydrogen-bond donors (Lipinski definition) is 0. The first kappa shape index (κ1) is 12.1. The van der Waals surface area contributed by atoms with Crippen LogP contribution in [0, 0.1) is 0 Å². The molecule has 1 aromatic carbocycles. The fraction of sp³-hybridized carbons (Fsp3) is 0.364. The van der Waals surface area contributed by atoms with Crippen LogP contribution >= 0.6 is 0 Å². The van der Waals surface area contributed by atoms with Crippen molar-refractivity contribution in [1.29, 1.82) is 0 Å². The average Bonchev–Trinajstić information content (AvgIpc) is 2.39. The third-order valence-electron chi connectivity index (χ3n) is 2.44. The van der Waals surface area contributed by atoms with E-state index >= 15 is 0 Å². The zero-order valence-corrected chi connectivity index (χ0v) is 10.1. The van der Waals surface area contributed by atoms with Crippen molar-refractivity contribution < 1.29 is 13.2 Å². The lowest BCUT2D eigenvalue weighted by Crippen LogP contribution is -2.35. The van der Waals surface area contributed by atoms with Gasteiger partial charge in [-0.3, -0.25) is 0 Å². The van der Waals surface area contributed by atoms with Crippen LogP contribution in [0.15, 0.2) is 39.6 Å². The molecule has 0 amide bonds. The van der Waals surface area contributed by atoms with Gasteiger partial charge in [-0.05, 0) is 12.1 Å². The van der Waals surface area contributed by atoms with Gasteiger partial charge in [0.2, 0.25) is 0 Å². The first-order valence-electron chi connectivity index (χ1n) is 5.36. The highest BCUT2D eigenvalue weighted by molar-refractivity contribution is 7.90. The lowest BCUT2D eigenvalue weighted by atomic mass is 10.4. The molecular formula is C11H14N2O3S. The van der Waals surface area contributed by atoms with Crippen molar-refractivity contribution in [2.24, 2.45) is 4.40 Å². The van der Waals surface area contributed by atoms with E-state index in [1.54, 1.807) is 18.2 Å². The van der Waals surface area contributed by atoms with Gasteiger partial charge in [0.15, 0.2) is 0 Å². The van der Waals surface area contributed by atoms with Crippen molar-refractivity contribution in [3.8, 4) is 0 Å². The molecule has 0 aliphatic carbocycles. The average molecular weight is 254 g/mol. The molecule has 0 spiro atoms. The van der Waals surface area contributed by atoms with Gasteiger partial charge >= 0.3 is 0 Å². The van der Waals surface area contributed by atoms with Crippen LogP contribution in [0.2, 0.25) is 0 Å². The van der Waals surface area contributed by atoms with Crippen LogP contribution in [-0.4, -0.2) is 46.0 Å². The molecule has 0 bridgehead atoms. The highest BCUT2D eigenvalue weighted by Gasteiger charge is 2.12. The minimum atomic E-state index is -3.57. The van der Waals surface area contributed by atoms with E-state index in [-0.39, 0.29) is 4.90 Å². The number of benzene rings is 1. The van der Waals surface area contributed by atoms with Crippen LogP contribution in [-0.2, 0) is 14.8 Å². The summed E-state index contributed by atoms with van der Waals surface area (Å²) in [6.07, 6.45) is 1.38. The fourth-order valence-corrected chi connectivity index (χ4v) is 2.36. The third-order valence-corrected chi connectivity index (χ3v) is 3.68. The van der Waals surface area contributed by atoms with Crippen molar-refractivity contribution in [2.75, 3.05) is 26.3 Å². The van der Waals surface area contributed by atoms with Gasteiger partial charge in [-0.15, -0.1) is 4.40 Å². The van der Waals surface area contributed by atoms with E-state index in [1.807, 2.05) is 4.90 Å².